The number of nitrogen functional groups attached to an aromatic ring is 1. The van der Waals surface area contributed by atoms with Gasteiger partial charge >= 0.3 is 0 Å². The van der Waals surface area contributed by atoms with Gasteiger partial charge in [0.05, 0.1) is 0 Å². The number of hydrogen-bond donors (Lipinski definition) is 1. The predicted molar refractivity (Wildman–Crippen MR) is 63.7 cm³/mol. The maximum absolute atomic E-state index is 11.7. The molecule has 0 aliphatic carbocycles. The summed E-state index contributed by atoms with van der Waals surface area (Å²) in [5.41, 5.74) is 5.46. The predicted octanol–water partition coefficient (Wildman–Crippen LogP) is 0.890. The summed E-state index contributed by atoms with van der Waals surface area (Å²) in [4.78, 5) is 13.4. The van der Waals surface area contributed by atoms with Crippen LogP contribution >= 0.6 is 0 Å². The second-order valence-electron chi connectivity index (χ2n) is 3.68. The Morgan fingerprint density at radius 2 is 2.50 bits per heavy atom. The molecule has 1 heterocycles. The minimum Gasteiger partial charge on any atom is -0.382 e. The van der Waals surface area contributed by atoms with Crippen molar-refractivity contribution in [1.82, 2.24) is 14.7 Å². The zero-order chi connectivity index (χ0) is 12.0. The molecule has 0 saturated heterocycles. The van der Waals surface area contributed by atoms with E-state index in [0.29, 0.717) is 5.82 Å². The van der Waals surface area contributed by atoms with Gasteiger partial charge in [0, 0.05) is 19.8 Å². The fourth-order valence-electron chi connectivity index (χ4n) is 1.32. The van der Waals surface area contributed by atoms with Crippen molar-refractivity contribution >= 4 is 11.7 Å². The van der Waals surface area contributed by atoms with Gasteiger partial charge in [-0.1, -0.05) is 6.08 Å². The number of likely N-dealkylation sites (N-methyl/N-ethyl adjacent to an activating group) is 1. The van der Waals surface area contributed by atoms with Crippen molar-refractivity contribution in [1.29, 1.82) is 0 Å². The van der Waals surface area contributed by atoms with Gasteiger partial charge in [0.15, 0.2) is 0 Å². The van der Waals surface area contributed by atoms with Crippen LogP contribution in [0.1, 0.15) is 12.8 Å². The largest absolute Gasteiger partial charge is 0.382 e. The van der Waals surface area contributed by atoms with Crippen molar-refractivity contribution in [2.75, 3.05) is 19.3 Å². The highest BCUT2D eigenvalue weighted by atomic mass is 16.2. The van der Waals surface area contributed by atoms with Gasteiger partial charge < -0.3 is 10.6 Å². The van der Waals surface area contributed by atoms with Crippen molar-refractivity contribution in [2.24, 2.45) is 0 Å². The number of nitrogens with zero attached hydrogens (tertiary/aromatic N) is 3. The number of allylic oxidation sites excluding steroid dienone is 1. The van der Waals surface area contributed by atoms with Crippen LogP contribution in [0.4, 0.5) is 5.82 Å². The number of carbonyl (C=O) groups excluding carboxylic acids is 1. The molecule has 5 nitrogen and oxygen atoms in total. The molecule has 0 saturated carbocycles. The molecule has 88 valence electrons. The number of hydrogen-bond acceptors (Lipinski definition) is 3. The Kier molecular flexibility index (Phi) is 4.57. The SMILES string of the molecule is C=CCCCN(C)C(=O)Cn1ccc(N)n1. The van der Waals surface area contributed by atoms with E-state index in [2.05, 4.69) is 11.7 Å². The molecule has 5 heteroatoms. The summed E-state index contributed by atoms with van der Waals surface area (Å²) >= 11 is 0. The van der Waals surface area contributed by atoms with E-state index < -0.39 is 0 Å². The Balaban J connectivity index is 2.36. The van der Waals surface area contributed by atoms with Gasteiger partial charge in [-0.2, -0.15) is 5.10 Å². The van der Waals surface area contributed by atoms with Crippen LogP contribution in [0, 0.1) is 0 Å². The molecule has 0 radical (unpaired) electrons. The second-order valence-corrected chi connectivity index (χ2v) is 3.68. The number of aromatic nitrogens is 2. The van der Waals surface area contributed by atoms with Gasteiger partial charge in [0.25, 0.3) is 0 Å². The minimum absolute atomic E-state index is 0.0344. The lowest BCUT2D eigenvalue weighted by Crippen LogP contribution is -2.31. The Bertz CT molecular complexity index is 359. The fraction of sp³-hybridized carbons (Fsp3) is 0.455. The first-order valence-corrected chi connectivity index (χ1v) is 5.27. The van der Waals surface area contributed by atoms with E-state index in [1.54, 1.807) is 28.9 Å². The highest BCUT2D eigenvalue weighted by molar-refractivity contribution is 5.75. The molecule has 0 aromatic carbocycles. The zero-order valence-electron chi connectivity index (χ0n) is 9.59. The number of rotatable bonds is 6. The van der Waals surface area contributed by atoms with Gasteiger partial charge in [0.1, 0.15) is 12.4 Å². The minimum atomic E-state index is 0.0344. The molecule has 1 amide bonds. The molecule has 16 heavy (non-hydrogen) atoms. The van der Waals surface area contributed by atoms with Crippen LogP contribution in [0.25, 0.3) is 0 Å². The number of amides is 1. The third-order valence-corrected chi connectivity index (χ3v) is 2.29. The van der Waals surface area contributed by atoms with Crippen LogP contribution in [-0.2, 0) is 11.3 Å². The topological polar surface area (TPSA) is 64.2 Å². The molecule has 2 N–H and O–H groups in total. The van der Waals surface area contributed by atoms with Crippen LogP contribution in [0.15, 0.2) is 24.9 Å². The average molecular weight is 222 g/mol. The summed E-state index contributed by atoms with van der Waals surface area (Å²) in [6, 6.07) is 1.67. The summed E-state index contributed by atoms with van der Waals surface area (Å²) < 4.78 is 1.54. The summed E-state index contributed by atoms with van der Waals surface area (Å²) in [6.45, 7) is 4.62. The van der Waals surface area contributed by atoms with Crippen molar-refractivity contribution < 1.29 is 4.79 Å². The number of carbonyl (C=O) groups is 1. The number of anilines is 1. The van der Waals surface area contributed by atoms with Crippen molar-refractivity contribution in [2.45, 2.75) is 19.4 Å². The first-order chi connectivity index (χ1) is 7.63. The van der Waals surface area contributed by atoms with Crippen molar-refractivity contribution in [3.8, 4) is 0 Å². The highest BCUT2D eigenvalue weighted by Gasteiger charge is 2.09. The van der Waals surface area contributed by atoms with Crippen LogP contribution in [0.3, 0.4) is 0 Å². The highest BCUT2D eigenvalue weighted by Crippen LogP contribution is 1.99. The van der Waals surface area contributed by atoms with Gasteiger partial charge in [0.2, 0.25) is 5.91 Å². The molecule has 0 unspecified atom stereocenters. The zero-order valence-corrected chi connectivity index (χ0v) is 9.59. The average Bonchev–Trinajstić information content (AvgIpc) is 2.64. The second kappa shape index (κ2) is 5.95. The van der Waals surface area contributed by atoms with Crippen molar-refractivity contribution in [3.63, 3.8) is 0 Å². The third-order valence-electron chi connectivity index (χ3n) is 2.29. The number of unbranched alkanes of at least 4 members (excludes halogenated alkanes) is 1. The Labute approximate surface area is 95.5 Å². The quantitative estimate of drug-likeness (QED) is 0.574. The lowest BCUT2D eigenvalue weighted by molar-refractivity contribution is -0.130. The van der Waals surface area contributed by atoms with Gasteiger partial charge in [-0.25, -0.2) is 0 Å². The monoisotopic (exact) mass is 222 g/mol. The lowest BCUT2D eigenvalue weighted by Gasteiger charge is -2.16. The molecule has 0 fully saturated rings. The van der Waals surface area contributed by atoms with Gasteiger partial charge in [-0.3, -0.25) is 9.48 Å². The Morgan fingerprint density at radius 3 is 3.06 bits per heavy atom. The molecule has 1 aromatic rings. The van der Waals surface area contributed by atoms with Gasteiger partial charge in [-0.15, -0.1) is 6.58 Å². The molecule has 0 aliphatic heterocycles. The van der Waals surface area contributed by atoms with Crippen LogP contribution in [0.5, 0.6) is 0 Å². The van der Waals surface area contributed by atoms with Crippen molar-refractivity contribution in [3.05, 3.63) is 24.9 Å². The van der Waals surface area contributed by atoms with E-state index in [4.69, 9.17) is 5.73 Å². The number of nitrogens with two attached hydrogens (primary N) is 1. The molecule has 1 aromatic heterocycles. The standard InChI is InChI=1S/C11H18N4O/c1-3-4-5-7-14(2)11(16)9-15-8-6-10(12)13-15/h3,6,8H,1,4-5,7,9H2,2H3,(H2,12,13). The van der Waals surface area contributed by atoms with E-state index in [9.17, 15) is 4.79 Å². The molecule has 1 rings (SSSR count). The van der Waals surface area contributed by atoms with Crippen LogP contribution < -0.4 is 5.73 Å². The maximum Gasteiger partial charge on any atom is 0.244 e. The summed E-state index contributed by atoms with van der Waals surface area (Å²) in [7, 11) is 1.79. The van der Waals surface area contributed by atoms with E-state index in [0.717, 1.165) is 19.4 Å². The smallest absolute Gasteiger partial charge is 0.244 e. The summed E-state index contributed by atoms with van der Waals surface area (Å²) in [6.07, 6.45) is 5.41. The molecular formula is C11H18N4O. The molecule has 0 spiro atoms. The Hall–Kier alpha value is -1.78. The first-order valence-electron chi connectivity index (χ1n) is 5.27. The molecular weight excluding hydrogens is 204 g/mol. The Morgan fingerprint density at radius 1 is 1.75 bits per heavy atom. The van der Waals surface area contributed by atoms with Gasteiger partial charge in [-0.05, 0) is 18.9 Å². The summed E-state index contributed by atoms with van der Waals surface area (Å²) in [5.74, 6) is 0.467. The lowest BCUT2D eigenvalue weighted by atomic mass is 10.3. The molecule has 0 aliphatic rings. The maximum atomic E-state index is 11.7. The van der Waals surface area contributed by atoms with E-state index in [1.807, 2.05) is 6.08 Å². The summed E-state index contributed by atoms with van der Waals surface area (Å²) in [5, 5.41) is 3.96. The van der Waals surface area contributed by atoms with Crippen LogP contribution in [0.2, 0.25) is 0 Å². The third kappa shape index (κ3) is 3.76. The first kappa shape index (κ1) is 12.3. The van der Waals surface area contributed by atoms with E-state index in [-0.39, 0.29) is 12.5 Å². The normalized spacial score (nSPS) is 10.1. The molecule has 0 bridgehead atoms. The molecule has 0 atom stereocenters. The van der Waals surface area contributed by atoms with Crippen LogP contribution in [-0.4, -0.2) is 34.2 Å². The fourth-order valence-corrected chi connectivity index (χ4v) is 1.32. The van der Waals surface area contributed by atoms with E-state index in [1.165, 1.54) is 0 Å². The van der Waals surface area contributed by atoms with E-state index >= 15 is 0 Å².